The highest BCUT2D eigenvalue weighted by atomic mass is 15.0. The first kappa shape index (κ1) is 17.0. The Hall–Kier alpha value is -3.81. The average Bonchev–Trinajstić information content (AvgIpc) is 2.70. The second-order valence-electron chi connectivity index (χ2n) is 6.30. The third-order valence-corrected chi connectivity index (χ3v) is 4.60. The van der Waals surface area contributed by atoms with Gasteiger partial charge < -0.3 is 5.32 Å². The van der Waals surface area contributed by atoms with Gasteiger partial charge in [-0.15, -0.1) is 0 Å². The fourth-order valence-corrected chi connectivity index (χ4v) is 3.29. The maximum absolute atomic E-state index is 9.77. The molecule has 0 radical (unpaired) electrons. The van der Waals surface area contributed by atoms with Crippen LogP contribution in [0.1, 0.15) is 24.5 Å². The number of nitrogens with one attached hydrogen (secondary N) is 1. The van der Waals surface area contributed by atoms with E-state index in [0.717, 1.165) is 16.7 Å². The van der Waals surface area contributed by atoms with Crippen LogP contribution in [0.2, 0.25) is 0 Å². The standard InChI is InChI=1S/C22H16N4/c1-22(18-10-6-3-7-11-18)12-19(16-8-4-2-5-9-16)20(15-25)21(26-22)17(13-23)14-24/h2-11,26H,12H2,1H3/t22-/m1/s1. The van der Waals surface area contributed by atoms with E-state index in [-0.39, 0.29) is 5.57 Å². The summed E-state index contributed by atoms with van der Waals surface area (Å²) in [6.07, 6.45) is 0.567. The van der Waals surface area contributed by atoms with E-state index in [4.69, 9.17) is 0 Å². The van der Waals surface area contributed by atoms with E-state index in [0.29, 0.717) is 17.7 Å². The normalized spacial score (nSPS) is 18.9. The minimum absolute atomic E-state index is 0.0863. The molecular weight excluding hydrogens is 320 g/mol. The predicted molar refractivity (Wildman–Crippen MR) is 98.8 cm³/mol. The van der Waals surface area contributed by atoms with Crippen molar-refractivity contribution < 1.29 is 0 Å². The van der Waals surface area contributed by atoms with Gasteiger partial charge in [-0.1, -0.05) is 60.7 Å². The van der Waals surface area contributed by atoms with Gasteiger partial charge in [0.25, 0.3) is 0 Å². The van der Waals surface area contributed by atoms with Crippen molar-refractivity contribution in [3.05, 3.63) is 88.6 Å². The Bertz CT molecular complexity index is 996. The highest BCUT2D eigenvalue weighted by molar-refractivity contribution is 5.80. The molecule has 0 bridgehead atoms. The topological polar surface area (TPSA) is 83.4 Å². The number of nitriles is 3. The highest BCUT2D eigenvalue weighted by Gasteiger charge is 2.37. The second kappa shape index (κ2) is 6.98. The molecule has 1 N–H and O–H groups in total. The summed E-state index contributed by atoms with van der Waals surface area (Å²) in [5.41, 5.74) is 2.80. The predicted octanol–water partition coefficient (Wildman–Crippen LogP) is 4.17. The summed E-state index contributed by atoms with van der Waals surface area (Å²) in [7, 11) is 0. The summed E-state index contributed by atoms with van der Waals surface area (Å²) < 4.78 is 0. The summed E-state index contributed by atoms with van der Waals surface area (Å²) in [5, 5.41) is 31.8. The quantitative estimate of drug-likeness (QED) is 0.834. The first-order valence-electron chi connectivity index (χ1n) is 8.20. The van der Waals surface area contributed by atoms with Gasteiger partial charge in [0.2, 0.25) is 0 Å². The molecule has 0 spiro atoms. The molecule has 4 heteroatoms. The molecule has 0 amide bonds. The van der Waals surface area contributed by atoms with E-state index in [1.165, 1.54) is 0 Å². The minimum Gasteiger partial charge on any atom is -0.373 e. The summed E-state index contributed by atoms with van der Waals surface area (Å²) in [6, 6.07) is 25.5. The molecule has 1 atom stereocenters. The molecule has 0 saturated heterocycles. The monoisotopic (exact) mass is 336 g/mol. The minimum atomic E-state index is -0.541. The number of hydrogen-bond acceptors (Lipinski definition) is 4. The van der Waals surface area contributed by atoms with E-state index in [9.17, 15) is 15.8 Å². The van der Waals surface area contributed by atoms with Gasteiger partial charge in [-0.2, -0.15) is 15.8 Å². The van der Waals surface area contributed by atoms with Crippen LogP contribution in [0.25, 0.3) is 5.57 Å². The lowest BCUT2D eigenvalue weighted by molar-refractivity contribution is 0.407. The molecule has 2 aromatic rings. The van der Waals surface area contributed by atoms with E-state index < -0.39 is 5.54 Å². The first-order chi connectivity index (χ1) is 12.6. The van der Waals surface area contributed by atoms with E-state index in [2.05, 4.69) is 11.4 Å². The van der Waals surface area contributed by atoms with Crippen LogP contribution >= 0.6 is 0 Å². The Kier molecular flexibility index (Phi) is 4.57. The molecule has 0 saturated carbocycles. The van der Waals surface area contributed by atoms with Crippen molar-refractivity contribution in [2.24, 2.45) is 0 Å². The van der Waals surface area contributed by atoms with Crippen molar-refractivity contribution in [1.29, 1.82) is 15.8 Å². The molecule has 1 heterocycles. The van der Waals surface area contributed by atoms with Gasteiger partial charge in [0, 0.05) is 6.42 Å². The zero-order chi connectivity index (χ0) is 18.6. The number of hydrogen-bond donors (Lipinski definition) is 1. The molecule has 0 aliphatic carbocycles. The van der Waals surface area contributed by atoms with E-state index in [1.54, 1.807) is 0 Å². The second-order valence-corrected chi connectivity index (χ2v) is 6.30. The van der Waals surface area contributed by atoms with Crippen molar-refractivity contribution >= 4 is 5.57 Å². The maximum Gasteiger partial charge on any atom is 0.154 e. The van der Waals surface area contributed by atoms with Crippen LogP contribution in [0.5, 0.6) is 0 Å². The fourth-order valence-electron chi connectivity index (χ4n) is 3.29. The Balaban J connectivity index is 2.29. The molecule has 0 fully saturated rings. The van der Waals surface area contributed by atoms with Crippen LogP contribution in [-0.4, -0.2) is 0 Å². The van der Waals surface area contributed by atoms with Crippen LogP contribution in [0.3, 0.4) is 0 Å². The summed E-state index contributed by atoms with van der Waals surface area (Å²) in [4.78, 5) is 0. The van der Waals surface area contributed by atoms with Crippen LogP contribution in [0.15, 0.2) is 77.5 Å². The van der Waals surface area contributed by atoms with Gasteiger partial charge in [0.15, 0.2) is 5.57 Å². The number of benzene rings is 2. The molecule has 3 rings (SSSR count). The van der Waals surface area contributed by atoms with E-state index in [1.807, 2.05) is 79.7 Å². The van der Waals surface area contributed by atoms with Gasteiger partial charge >= 0.3 is 0 Å². The van der Waals surface area contributed by atoms with Crippen molar-refractivity contribution in [3.63, 3.8) is 0 Å². The molecule has 26 heavy (non-hydrogen) atoms. The smallest absolute Gasteiger partial charge is 0.154 e. The van der Waals surface area contributed by atoms with Crippen molar-refractivity contribution in [3.8, 4) is 18.2 Å². The van der Waals surface area contributed by atoms with Crippen LogP contribution in [0, 0.1) is 34.0 Å². The maximum atomic E-state index is 9.77. The highest BCUT2D eigenvalue weighted by Crippen LogP contribution is 2.41. The zero-order valence-corrected chi connectivity index (χ0v) is 14.3. The van der Waals surface area contributed by atoms with Crippen LogP contribution in [0.4, 0.5) is 0 Å². The van der Waals surface area contributed by atoms with Crippen molar-refractivity contribution in [2.75, 3.05) is 0 Å². The number of rotatable bonds is 2. The SMILES string of the molecule is C[C@]1(c2ccccc2)CC(c2ccccc2)=C(C#N)C(=C(C#N)C#N)N1. The van der Waals surface area contributed by atoms with E-state index >= 15 is 0 Å². The largest absolute Gasteiger partial charge is 0.373 e. The lowest BCUT2D eigenvalue weighted by Gasteiger charge is -2.39. The molecule has 4 nitrogen and oxygen atoms in total. The molecule has 124 valence electrons. The Morgan fingerprint density at radius 2 is 1.50 bits per heavy atom. The van der Waals surface area contributed by atoms with Gasteiger partial charge in [0.05, 0.1) is 16.8 Å². The zero-order valence-electron chi connectivity index (χ0n) is 14.3. The first-order valence-corrected chi connectivity index (χ1v) is 8.20. The number of nitrogens with zero attached hydrogens (tertiary/aromatic N) is 3. The Labute approximate surface area is 152 Å². The summed E-state index contributed by atoms with van der Waals surface area (Å²) in [5.74, 6) is 0. The molecule has 1 aliphatic rings. The average molecular weight is 336 g/mol. The lowest BCUT2D eigenvalue weighted by Crippen LogP contribution is -2.43. The Morgan fingerprint density at radius 1 is 0.923 bits per heavy atom. The molecule has 0 aromatic heterocycles. The van der Waals surface area contributed by atoms with Gasteiger partial charge in [-0.05, 0) is 23.6 Å². The van der Waals surface area contributed by atoms with Gasteiger partial charge in [-0.3, -0.25) is 0 Å². The molecular formula is C22H16N4. The van der Waals surface area contributed by atoms with Crippen molar-refractivity contribution in [1.82, 2.24) is 5.32 Å². The Morgan fingerprint density at radius 3 is 2.04 bits per heavy atom. The molecule has 2 aromatic carbocycles. The molecule has 0 unspecified atom stereocenters. The lowest BCUT2D eigenvalue weighted by atomic mass is 9.77. The van der Waals surface area contributed by atoms with Crippen molar-refractivity contribution in [2.45, 2.75) is 18.9 Å². The van der Waals surface area contributed by atoms with Crippen LogP contribution in [-0.2, 0) is 5.54 Å². The summed E-state index contributed by atoms with van der Waals surface area (Å²) in [6.45, 7) is 2.02. The summed E-state index contributed by atoms with van der Waals surface area (Å²) >= 11 is 0. The molecule has 1 aliphatic heterocycles. The van der Waals surface area contributed by atoms with Gasteiger partial charge in [-0.25, -0.2) is 0 Å². The van der Waals surface area contributed by atoms with Crippen LogP contribution < -0.4 is 5.32 Å². The van der Waals surface area contributed by atoms with Gasteiger partial charge in [0.1, 0.15) is 18.2 Å². The third kappa shape index (κ3) is 2.95. The number of allylic oxidation sites excluding steroid dienone is 2. The third-order valence-electron chi connectivity index (χ3n) is 4.60. The fraction of sp³-hybridized carbons (Fsp3) is 0.136.